The molecule has 0 spiro atoms. The van der Waals surface area contributed by atoms with Crippen LogP contribution in [0, 0.1) is 6.92 Å². The second-order valence-corrected chi connectivity index (χ2v) is 5.65. The molecule has 3 aromatic rings. The molecule has 3 rings (SSSR count). The normalized spacial score (nSPS) is 10.8. The quantitative estimate of drug-likeness (QED) is 0.543. The molecular formula is C20H16N2O4. The topological polar surface area (TPSA) is 91.9 Å². The molecule has 0 bridgehead atoms. The lowest BCUT2D eigenvalue weighted by molar-refractivity contribution is 0.0696. The molecule has 0 unspecified atom stereocenters. The maximum atomic E-state index is 12.0. The average Bonchev–Trinajstić information content (AvgIpc) is 3.11. The lowest BCUT2D eigenvalue weighted by Gasteiger charge is -2.00. The van der Waals surface area contributed by atoms with Crippen LogP contribution >= 0.6 is 0 Å². The second-order valence-electron chi connectivity index (χ2n) is 5.65. The molecule has 0 saturated carbocycles. The Morgan fingerprint density at radius 1 is 0.962 bits per heavy atom. The molecule has 6 nitrogen and oxygen atoms in total. The number of nitrogens with zero attached hydrogens (tertiary/aromatic N) is 1. The SMILES string of the molecule is Cc1ccc(C(=O)N/N=C/c2ccc(-c3ccc(C(=O)O)cc3)o2)cc1. The molecule has 26 heavy (non-hydrogen) atoms. The third-order valence-corrected chi connectivity index (χ3v) is 3.71. The molecule has 0 fully saturated rings. The summed E-state index contributed by atoms with van der Waals surface area (Å²) < 4.78 is 5.63. The molecule has 6 heteroatoms. The van der Waals surface area contributed by atoms with Crippen molar-refractivity contribution in [2.75, 3.05) is 0 Å². The van der Waals surface area contributed by atoms with Gasteiger partial charge in [-0.2, -0.15) is 5.10 Å². The number of furan rings is 1. The summed E-state index contributed by atoms with van der Waals surface area (Å²) in [6.07, 6.45) is 1.40. The molecule has 0 radical (unpaired) electrons. The fourth-order valence-corrected chi connectivity index (χ4v) is 2.28. The number of rotatable bonds is 5. The Morgan fingerprint density at radius 3 is 2.27 bits per heavy atom. The number of hydrogen-bond donors (Lipinski definition) is 2. The average molecular weight is 348 g/mol. The third-order valence-electron chi connectivity index (χ3n) is 3.71. The molecule has 0 atom stereocenters. The van der Waals surface area contributed by atoms with Crippen molar-refractivity contribution in [3.8, 4) is 11.3 Å². The number of carbonyl (C=O) groups excluding carboxylic acids is 1. The largest absolute Gasteiger partial charge is 0.478 e. The minimum absolute atomic E-state index is 0.209. The van der Waals surface area contributed by atoms with E-state index in [1.807, 2.05) is 19.1 Å². The number of benzene rings is 2. The first kappa shape index (κ1) is 17.2. The van der Waals surface area contributed by atoms with Crippen LogP contribution in [0.1, 0.15) is 32.0 Å². The zero-order chi connectivity index (χ0) is 18.5. The van der Waals surface area contributed by atoms with Crippen LogP contribution < -0.4 is 5.43 Å². The fraction of sp³-hybridized carbons (Fsp3) is 0.0500. The van der Waals surface area contributed by atoms with Crippen LogP contribution in [0.2, 0.25) is 0 Å². The molecule has 0 aliphatic rings. The minimum atomic E-state index is -0.979. The predicted molar refractivity (Wildman–Crippen MR) is 97.3 cm³/mol. The highest BCUT2D eigenvalue weighted by Gasteiger charge is 2.07. The highest BCUT2D eigenvalue weighted by molar-refractivity contribution is 5.94. The van der Waals surface area contributed by atoms with E-state index in [-0.39, 0.29) is 11.5 Å². The summed E-state index contributed by atoms with van der Waals surface area (Å²) in [6.45, 7) is 1.95. The van der Waals surface area contributed by atoms with Gasteiger partial charge in [0.15, 0.2) is 0 Å². The van der Waals surface area contributed by atoms with Crippen LogP contribution in [0.15, 0.2) is 70.2 Å². The van der Waals surface area contributed by atoms with Crippen molar-refractivity contribution < 1.29 is 19.1 Å². The Balaban J connectivity index is 1.64. The van der Waals surface area contributed by atoms with Gasteiger partial charge in [0.2, 0.25) is 0 Å². The van der Waals surface area contributed by atoms with E-state index in [1.165, 1.54) is 18.3 Å². The van der Waals surface area contributed by atoms with Crippen molar-refractivity contribution in [1.82, 2.24) is 5.43 Å². The summed E-state index contributed by atoms with van der Waals surface area (Å²) >= 11 is 0. The Kier molecular flexibility index (Phi) is 4.94. The first-order chi connectivity index (χ1) is 12.5. The van der Waals surface area contributed by atoms with Gasteiger partial charge in [-0.25, -0.2) is 10.2 Å². The van der Waals surface area contributed by atoms with Gasteiger partial charge in [-0.15, -0.1) is 0 Å². The Labute approximate surface area is 149 Å². The number of carboxylic acids is 1. The van der Waals surface area contributed by atoms with Gasteiger partial charge in [-0.1, -0.05) is 29.8 Å². The molecule has 0 aliphatic heterocycles. The van der Waals surface area contributed by atoms with Crippen LogP contribution in [-0.2, 0) is 0 Å². The van der Waals surface area contributed by atoms with Crippen molar-refractivity contribution in [3.63, 3.8) is 0 Å². The van der Waals surface area contributed by atoms with E-state index >= 15 is 0 Å². The van der Waals surface area contributed by atoms with Crippen molar-refractivity contribution in [3.05, 3.63) is 83.1 Å². The van der Waals surface area contributed by atoms with Gasteiger partial charge in [0.05, 0.1) is 11.8 Å². The molecule has 1 heterocycles. The summed E-state index contributed by atoms with van der Waals surface area (Å²) in [5.74, 6) is -0.245. The summed E-state index contributed by atoms with van der Waals surface area (Å²) in [7, 11) is 0. The summed E-state index contributed by atoms with van der Waals surface area (Å²) in [4.78, 5) is 22.8. The van der Waals surface area contributed by atoms with Gasteiger partial charge in [-0.3, -0.25) is 4.79 Å². The molecule has 130 valence electrons. The Hall–Kier alpha value is -3.67. The lowest BCUT2D eigenvalue weighted by atomic mass is 10.1. The van der Waals surface area contributed by atoms with E-state index in [1.54, 1.807) is 36.4 Å². The molecule has 0 saturated heterocycles. The monoisotopic (exact) mass is 348 g/mol. The van der Waals surface area contributed by atoms with Crippen molar-refractivity contribution in [2.24, 2.45) is 5.10 Å². The number of carbonyl (C=O) groups is 2. The first-order valence-electron chi connectivity index (χ1n) is 7.86. The maximum Gasteiger partial charge on any atom is 0.335 e. The van der Waals surface area contributed by atoms with E-state index in [0.717, 1.165) is 11.1 Å². The van der Waals surface area contributed by atoms with Crippen molar-refractivity contribution in [2.45, 2.75) is 6.92 Å². The number of amides is 1. The number of aromatic carboxylic acids is 1. The summed E-state index contributed by atoms with van der Waals surface area (Å²) in [5, 5.41) is 12.8. The number of hydrogen-bond acceptors (Lipinski definition) is 4. The zero-order valence-corrected chi connectivity index (χ0v) is 14.0. The molecular weight excluding hydrogens is 332 g/mol. The standard InChI is InChI=1S/C20H16N2O4/c1-13-2-4-15(5-3-13)19(23)22-21-12-17-10-11-18(26-17)14-6-8-16(9-7-14)20(24)25/h2-12H,1H3,(H,22,23)(H,24,25)/b21-12+. The maximum absolute atomic E-state index is 12.0. The van der Waals surface area contributed by atoms with Gasteiger partial charge in [-0.05, 0) is 43.3 Å². The second kappa shape index (κ2) is 7.48. The van der Waals surface area contributed by atoms with Gasteiger partial charge in [0.25, 0.3) is 5.91 Å². The highest BCUT2D eigenvalue weighted by Crippen LogP contribution is 2.22. The fourth-order valence-electron chi connectivity index (χ4n) is 2.28. The van der Waals surface area contributed by atoms with Gasteiger partial charge >= 0.3 is 5.97 Å². The molecule has 2 N–H and O–H groups in total. The summed E-state index contributed by atoms with van der Waals surface area (Å²) in [5.41, 5.74) is 4.99. The van der Waals surface area contributed by atoms with Crippen LogP contribution in [0.3, 0.4) is 0 Å². The number of hydrazone groups is 1. The molecule has 0 aliphatic carbocycles. The zero-order valence-electron chi connectivity index (χ0n) is 14.0. The number of nitrogens with one attached hydrogen (secondary N) is 1. The molecule has 1 aromatic heterocycles. The Morgan fingerprint density at radius 2 is 1.62 bits per heavy atom. The summed E-state index contributed by atoms with van der Waals surface area (Å²) in [6, 6.07) is 17.0. The smallest absolute Gasteiger partial charge is 0.335 e. The highest BCUT2D eigenvalue weighted by atomic mass is 16.4. The third kappa shape index (κ3) is 4.05. The van der Waals surface area contributed by atoms with Crippen LogP contribution in [0.25, 0.3) is 11.3 Å². The van der Waals surface area contributed by atoms with Crippen LogP contribution in [-0.4, -0.2) is 23.2 Å². The Bertz CT molecular complexity index is 954. The van der Waals surface area contributed by atoms with Gasteiger partial charge < -0.3 is 9.52 Å². The van der Waals surface area contributed by atoms with Gasteiger partial charge in [0, 0.05) is 11.1 Å². The van der Waals surface area contributed by atoms with E-state index < -0.39 is 5.97 Å². The number of carboxylic acid groups (broad SMARTS) is 1. The van der Waals surface area contributed by atoms with E-state index in [2.05, 4.69) is 10.5 Å². The van der Waals surface area contributed by atoms with E-state index in [4.69, 9.17) is 9.52 Å². The predicted octanol–water partition coefficient (Wildman–Crippen LogP) is 3.72. The van der Waals surface area contributed by atoms with Crippen molar-refractivity contribution >= 4 is 18.1 Å². The van der Waals surface area contributed by atoms with E-state index in [9.17, 15) is 9.59 Å². The van der Waals surface area contributed by atoms with E-state index in [0.29, 0.717) is 17.1 Å². The van der Waals surface area contributed by atoms with Crippen LogP contribution in [0.4, 0.5) is 0 Å². The number of aryl methyl sites for hydroxylation is 1. The lowest BCUT2D eigenvalue weighted by Crippen LogP contribution is -2.17. The molecule has 1 amide bonds. The molecule has 2 aromatic carbocycles. The van der Waals surface area contributed by atoms with Gasteiger partial charge in [0.1, 0.15) is 11.5 Å². The minimum Gasteiger partial charge on any atom is -0.478 e. The first-order valence-corrected chi connectivity index (χ1v) is 7.86. The van der Waals surface area contributed by atoms with Crippen molar-refractivity contribution in [1.29, 1.82) is 0 Å². The van der Waals surface area contributed by atoms with Crippen LogP contribution in [0.5, 0.6) is 0 Å².